The van der Waals surface area contributed by atoms with Crippen molar-refractivity contribution in [3.63, 3.8) is 0 Å². The average molecular weight is 403 g/mol. The van der Waals surface area contributed by atoms with Gasteiger partial charge in [-0.15, -0.1) is 0 Å². The summed E-state index contributed by atoms with van der Waals surface area (Å²) in [4.78, 5) is 1.69. The van der Waals surface area contributed by atoms with E-state index >= 15 is 0 Å². The third kappa shape index (κ3) is 5.14. The van der Waals surface area contributed by atoms with Crippen LogP contribution in [0.4, 0.5) is 18.9 Å². The van der Waals surface area contributed by atoms with Crippen molar-refractivity contribution < 1.29 is 26.1 Å². The molecule has 0 bridgehead atoms. The van der Waals surface area contributed by atoms with E-state index < -0.39 is 33.2 Å². The second kappa shape index (κ2) is 7.32. The van der Waals surface area contributed by atoms with E-state index in [1.54, 1.807) is 18.0 Å². The molecule has 5 nitrogen and oxygen atoms in total. The van der Waals surface area contributed by atoms with Crippen LogP contribution in [-0.2, 0) is 16.3 Å². The van der Waals surface area contributed by atoms with Crippen LogP contribution in [0.25, 0.3) is 0 Å². The smallest absolute Gasteiger partial charge is 0.417 e. The molecule has 1 aromatic rings. The van der Waals surface area contributed by atoms with E-state index in [0.717, 1.165) is 12.1 Å². The van der Waals surface area contributed by atoms with Crippen LogP contribution in [0.3, 0.4) is 0 Å². The van der Waals surface area contributed by atoms with Crippen molar-refractivity contribution in [2.75, 3.05) is 17.7 Å². The number of alkyl halides is 3. The van der Waals surface area contributed by atoms with Gasteiger partial charge in [-0.25, -0.2) is 8.42 Å². The van der Waals surface area contributed by atoms with Gasteiger partial charge in [-0.05, 0) is 48.8 Å². The highest BCUT2D eigenvalue weighted by atomic mass is 32.2. The quantitative estimate of drug-likeness (QED) is 0.715. The standard InChI is InChI=1S/C18H23F3N2O3S/c1-17(2)7-6-12(11-27(24,25)26)8-16(17)23(3)14-5-4-13(10-22)15(9-14)18(19,20)21/h4-5,9,12,16H,6-8,11H2,1-3H3,(H,24,25,26)/p-1. The van der Waals surface area contributed by atoms with Gasteiger partial charge >= 0.3 is 6.18 Å². The monoisotopic (exact) mass is 403 g/mol. The van der Waals surface area contributed by atoms with Crippen molar-refractivity contribution in [1.29, 1.82) is 5.26 Å². The minimum Gasteiger partial charge on any atom is -0.748 e. The van der Waals surface area contributed by atoms with Gasteiger partial charge in [0.2, 0.25) is 0 Å². The lowest BCUT2D eigenvalue weighted by molar-refractivity contribution is -0.137. The Morgan fingerprint density at radius 1 is 1.37 bits per heavy atom. The lowest BCUT2D eigenvalue weighted by Gasteiger charge is -2.47. The third-order valence-corrected chi connectivity index (χ3v) is 6.28. The summed E-state index contributed by atoms with van der Waals surface area (Å²) in [5.41, 5.74) is -1.42. The number of benzene rings is 1. The van der Waals surface area contributed by atoms with E-state index in [-0.39, 0.29) is 17.4 Å². The van der Waals surface area contributed by atoms with Gasteiger partial charge in [-0.1, -0.05) is 13.8 Å². The molecule has 0 radical (unpaired) electrons. The average Bonchev–Trinajstić information content (AvgIpc) is 2.53. The fraction of sp³-hybridized carbons (Fsp3) is 0.611. The molecule has 9 heteroatoms. The van der Waals surface area contributed by atoms with E-state index in [2.05, 4.69) is 0 Å². The van der Waals surface area contributed by atoms with Crippen molar-refractivity contribution in [1.82, 2.24) is 0 Å². The molecule has 0 heterocycles. The van der Waals surface area contributed by atoms with Gasteiger partial charge in [-0.3, -0.25) is 0 Å². The summed E-state index contributed by atoms with van der Waals surface area (Å²) < 4.78 is 73.1. The summed E-state index contributed by atoms with van der Waals surface area (Å²) in [6.45, 7) is 3.95. The zero-order valence-electron chi connectivity index (χ0n) is 15.4. The number of hydrogen-bond donors (Lipinski definition) is 0. The Morgan fingerprint density at radius 3 is 2.52 bits per heavy atom. The molecule has 0 saturated heterocycles. The minimum absolute atomic E-state index is 0.244. The second-order valence-corrected chi connectivity index (χ2v) is 9.27. The molecule has 0 spiro atoms. The molecular formula is C18H22F3N2O3S-. The molecule has 2 atom stereocenters. The Hall–Kier alpha value is -1.79. The van der Waals surface area contributed by atoms with Crippen molar-refractivity contribution in [2.24, 2.45) is 11.3 Å². The van der Waals surface area contributed by atoms with Gasteiger partial charge in [0.1, 0.15) is 0 Å². The number of hydrogen-bond acceptors (Lipinski definition) is 5. The summed E-state index contributed by atoms with van der Waals surface area (Å²) in [6, 6.07) is 4.86. The highest BCUT2D eigenvalue weighted by Gasteiger charge is 2.40. The van der Waals surface area contributed by atoms with Crippen LogP contribution >= 0.6 is 0 Å². The SMILES string of the molecule is CN(c1ccc(C#N)c(C(F)(F)F)c1)C1CC(CS(=O)(=O)[O-])CCC1(C)C. The van der Waals surface area contributed by atoms with Crippen LogP contribution in [-0.4, -0.2) is 31.8 Å². The maximum Gasteiger partial charge on any atom is 0.417 e. The van der Waals surface area contributed by atoms with Gasteiger partial charge < -0.3 is 9.45 Å². The number of rotatable bonds is 4. The van der Waals surface area contributed by atoms with Crippen LogP contribution in [0.15, 0.2) is 18.2 Å². The van der Waals surface area contributed by atoms with Crippen molar-refractivity contribution in [2.45, 2.75) is 45.3 Å². The Kier molecular flexibility index (Phi) is 5.83. The number of nitriles is 1. The molecule has 0 N–H and O–H groups in total. The van der Waals surface area contributed by atoms with Gasteiger partial charge in [0.25, 0.3) is 0 Å². The Labute approximate surface area is 157 Å². The Morgan fingerprint density at radius 2 is 2.00 bits per heavy atom. The lowest BCUT2D eigenvalue weighted by atomic mass is 9.69. The first-order chi connectivity index (χ1) is 12.2. The van der Waals surface area contributed by atoms with E-state index in [0.29, 0.717) is 24.9 Å². The predicted molar refractivity (Wildman–Crippen MR) is 94.0 cm³/mol. The summed E-state index contributed by atoms with van der Waals surface area (Å²) in [5, 5.41) is 8.94. The van der Waals surface area contributed by atoms with E-state index in [1.165, 1.54) is 6.07 Å². The first-order valence-corrected chi connectivity index (χ1v) is 10.1. The number of nitrogens with zero attached hydrogens (tertiary/aromatic N) is 2. The Bertz CT molecular complexity index is 844. The molecule has 0 aromatic heterocycles. The normalized spacial score (nSPS) is 22.9. The molecule has 1 saturated carbocycles. The van der Waals surface area contributed by atoms with Gasteiger partial charge in [-0.2, -0.15) is 18.4 Å². The fourth-order valence-corrected chi connectivity index (χ4v) is 4.76. The van der Waals surface area contributed by atoms with Crippen molar-refractivity contribution >= 4 is 15.8 Å². The highest BCUT2D eigenvalue weighted by molar-refractivity contribution is 7.85. The van der Waals surface area contributed by atoms with E-state index in [1.807, 2.05) is 13.8 Å². The molecule has 2 unspecified atom stereocenters. The molecule has 1 aliphatic carbocycles. The van der Waals surface area contributed by atoms with Crippen molar-refractivity contribution in [3.05, 3.63) is 29.3 Å². The van der Waals surface area contributed by atoms with Crippen molar-refractivity contribution in [3.8, 4) is 6.07 Å². The van der Waals surface area contributed by atoms with E-state index in [9.17, 15) is 26.1 Å². The molecule has 1 aromatic carbocycles. The molecule has 27 heavy (non-hydrogen) atoms. The molecule has 0 amide bonds. The summed E-state index contributed by atoms with van der Waals surface area (Å²) in [6.07, 6.45) is -3.01. The second-order valence-electron chi connectivity index (χ2n) is 7.82. The summed E-state index contributed by atoms with van der Waals surface area (Å²) >= 11 is 0. The van der Waals surface area contributed by atoms with Gasteiger partial charge in [0.15, 0.2) is 0 Å². The fourth-order valence-electron chi connectivity index (χ4n) is 3.88. The maximum absolute atomic E-state index is 13.2. The van der Waals surface area contributed by atoms with E-state index in [4.69, 9.17) is 5.26 Å². The Balaban J connectivity index is 2.36. The molecule has 0 aliphatic heterocycles. The molecule has 150 valence electrons. The zero-order valence-corrected chi connectivity index (χ0v) is 16.2. The van der Waals surface area contributed by atoms with Gasteiger partial charge in [0, 0.05) is 24.5 Å². The topological polar surface area (TPSA) is 84.2 Å². The first kappa shape index (κ1) is 21.5. The number of halogens is 3. The minimum atomic E-state index is -4.65. The summed E-state index contributed by atoms with van der Waals surface area (Å²) in [7, 11) is -2.71. The summed E-state index contributed by atoms with van der Waals surface area (Å²) in [5.74, 6) is -0.789. The van der Waals surface area contributed by atoms with Crippen LogP contribution in [0, 0.1) is 22.7 Å². The molecular weight excluding hydrogens is 381 g/mol. The van der Waals surface area contributed by atoms with Crippen LogP contribution < -0.4 is 4.90 Å². The third-order valence-electron chi connectivity index (χ3n) is 5.40. The molecule has 1 fully saturated rings. The first-order valence-electron chi connectivity index (χ1n) is 8.52. The largest absolute Gasteiger partial charge is 0.748 e. The van der Waals surface area contributed by atoms with Crippen LogP contribution in [0.1, 0.15) is 44.2 Å². The van der Waals surface area contributed by atoms with Crippen LogP contribution in [0.5, 0.6) is 0 Å². The molecule has 1 aliphatic rings. The molecule has 2 rings (SSSR count). The number of anilines is 1. The van der Waals surface area contributed by atoms with Gasteiger partial charge in [0.05, 0.1) is 27.3 Å². The van der Waals surface area contributed by atoms with Crippen LogP contribution in [0.2, 0.25) is 0 Å². The predicted octanol–water partition coefficient (Wildman–Crippen LogP) is 3.75. The highest BCUT2D eigenvalue weighted by Crippen LogP contribution is 2.43. The maximum atomic E-state index is 13.2. The zero-order chi connectivity index (χ0) is 20.6. The lowest BCUT2D eigenvalue weighted by Crippen LogP contribution is -2.48.